The molecule has 134 valence electrons. The van der Waals surface area contributed by atoms with Crippen LogP contribution in [0.2, 0.25) is 10.0 Å². The van der Waals surface area contributed by atoms with Gasteiger partial charge < -0.3 is 14.7 Å². The number of halogens is 2. The lowest BCUT2D eigenvalue weighted by molar-refractivity contribution is -0.890. The highest BCUT2D eigenvalue weighted by atomic mass is 35.5. The summed E-state index contributed by atoms with van der Waals surface area (Å²) in [7, 11) is 0. The molecule has 1 atom stereocenters. The van der Waals surface area contributed by atoms with Gasteiger partial charge in [0.1, 0.15) is 18.8 Å². The van der Waals surface area contributed by atoms with Gasteiger partial charge in [-0.1, -0.05) is 47.5 Å². The van der Waals surface area contributed by atoms with Gasteiger partial charge in [-0.3, -0.25) is 0 Å². The molecule has 25 heavy (non-hydrogen) atoms. The number of hydrogen-bond acceptors (Lipinski definition) is 2. The number of quaternary nitrogens is 1. The van der Waals surface area contributed by atoms with E-state index in [0.29, 0.717) is 16.7 Å². The molecule has 0 amide bonds. The minimum Gasteiger partial charge on any atom is -0.385 e. The monoisotopic (exact) mass is 380 g/mol. The lowest BCUT2D eigenvalue weighted by Gasteiger charge is -2.22. The molecular formula is C20H24Cl2NO2+. The van der Waals surface area contributed by atoms with Crippen LogP contribution in [0.5, 0.6) is 0 Å². The third kappa shape index (κ3) is 5.44. The first-order valence-corrected chi connectivity index (χ1v) is 9.51. The minimum atomic E-state index is -0.463. The number of likely N-dealkylation sites (tertiary alicyclic amines) is 1. The number of nitrogens with one attached hydrogen (secondary N) is 1. The van der Waals surface area contributed by atoms with E-state index in [9.17, 15) is 5.11 Å². The number of ether oxygens (including phenoxy) is 1. The van der Waals surface area contributed by atoms with Crippen LogP contribution >= 0.6 is 23.2 Å². The van der Waals surface area contributed by atoms with Gasteiger partial charge in [0, 0.05) is 22.9 Å². The average Bonchev–Trinajstić information content (AvgIpc) is 3.11. The Labute approximate surface area is 159 Å². The molecule has 2 aromatic rings. The van der Waals surface area contributed by atoms with Crippen molar-refractivity contribution in [3.05, 3.63) is 69.7 Å². The summed E-state index contributed by atoms with van der Waals surface area (Å²) in [6, 6.07) is 15.3. The third-order valence-electron chi connectivity index (χ3n) is 4.64. The van der Waals surface area contributed by atoms with Gasteiger partial charge in [0.2, 0.25) is 0 Å². The second-order valence-electron chi connectivity index (χ2n) is 6.63. The number of aliphatic hydroxyl groups is 1. The maximum absolute atomic E-state index is 10.4. The number of rotatable bonds is 7. The average molecular weight is 381 g/mol. The van der Waals surface area contributed by atoms with E-state index in [1.54, 1.807) is 0 Å². The van der Waals surface area contributed by atoms with Crippen molar-refractivity contribution in [2.24, 2.45) is 0 Å². The van der Waals surface area contributed by atoms with Crippen LogP contribution in [-0.4, -0.2) is 37.5 Å². The second kappa shape index (κ2) is 9.02. The normalized spacial score (nSPS) is 16.5. The summed E-state index contributed by atoms with van der Waals surface area (Å²) in [4.78, 5) is 1.46. The SMILES string of the molecule is O[C@H](COC(c1ccc(Cl)cc1)c1ccc(Cl)cc1)C[NH+]1CCCC1. The van der Waals surface area contributed by atoms with Crippen molar-refractivity contribution in [1.82, 2.24) is 0 Å². The maximum Gasteiger partial charge on any atom is 0.126 e. The lowest BCUT2D eigenvalue weighted by atomic mass is 10.0. The van der Waals surface area contributed by atoms with E-state index in [1.165, 1.54) is 17.7 Å². The highest BCUT2D eigenvalue weighted by molar-refractivity contribution is 6.30. The van der Waals surface area contributed by atoms with Crippen LogP contribution in [0.1, 0.15) is 30.1 Å². The van der Waals surface area contributed by atoms with E-state index in [2.05, 4.69) is 0 Å². The first kappa shape index (κ1) is 18.7. The maximum atomic E-state index is 10.4. The summed E-state index contributed by atoms with van der Waals surface area (Å²) in [5.74, 6) is 0. The molecule has 2 aromatic carbocycles. The Bertz CT molecular complexity index is 609. The number of aliphatic hydroxyl groups excluding tert-OH is 1. The second-order valence-corrected chi connectivity index (χ2v) is 7.50. The van der Waals surface area contributed by atoms with Gasteiger partial charge in [-0.25, -0.2) is 0 Å². The third-order valence-corrected chi connectivity index (χ3v) is 5.14. The fraction of sp³-hybridized carbons (Fsp3) is 0.400. The topological polar surface area (TPSA) is 33.9 Å². The standard InChI is InChI=1S/C20H23Cl2NO2/c21-17-7-3-15(4-8-17)20(16-5-9-18(22)10-6-16)25-14-19(24)13-23-11-1-2-12-23/h3-10,19-20,24H,1-2,11-14H2/p+1/t19-/m0/s1. The van der Waals surface area contributed by atoms with Gasteiger partial charge in [-0.15, -0.1) is 0 Å². The molecule has 3 rings (SSSR count). The Balaban J connectivity index is 1.69. The van der Waals surface area contributed by atoms with Crippen molar-refractivity contribution in [3.63, 3.8) is 0 Å². The molecule has 0 radical (unpaired) electrons. The van der Waals surface area contributed by atoms with Crippen molar-refractivity contribution in [2.45, 2.75) is 25.0 Å². The van der Waals surface area contributed by atoms with Crippen LogP contribution in [-0.2, 0) is 4.74 Å². The van der Waals surface area contributed by atoms with E-state index in [4.69, 9.17) is 27.9 Å². The summed E-state index contributed by atoms with van der Waals surface area (Å²) < 4.78 is 6.12. The van der Waals surface area contributed by atoms with E-state index < -0.39 is 6.10 Å². The first-order chi connectivity index (χ1) is 12.1. The smallest absolute Gasteiger partial charge is 0.126 e. The van der Waals surface area contributed by atoms with Crippen LogP contribution in [0.4, 0.5) is 0 Å². The highest BCUT2D eigenvalue weighted by Crippen LogP contribution is 2.28. The minimum absolute atomic E-state index is 0.252. The molecule has 0 saturated carbocycles. The van der Waals surface area contributed by atoms with Crippen molar-refractivity contribution in [3.8, 4) is 0 Å². The van der Waals surface area contributed by atoms with Gasteiger partial charge in [0.05, 0.1) is 19.7 Å². The fourth-order valence-corrected chi connectivity index (χ4v) is 3.59. The Morgan fingerprint density at radius 1 is 0.880 bits per heavy atom. The molecule has 0 spiro atoms. The van der Waals surface area contributed by atoms with Gasteiger partial charge >= 0.3 is 0 Å². The van der Waals surface area contributed by atoms with Gasteiger partial charge in [0.15, 0.2) is 0 Å². The summed E-state index contributed by atoms with van der Waals surface area (Å²) in [6.07, 6.45) is 1.79. The molecule has 3 nitrogen and oxygen atoms in total. The van der Waals surface area contributed by atoms with Crippen LogP contribution in [0.3, 0.4) is 0 Å². The lowest BCUT2D eigenvalue weighted by Crippen LogP contribution is -3.11. The van der Waals surface area contributed by atoms with Crippen LogP contribution in [0.25, 0.3) is 0 Å². The first-order valence-electron chi connectivity index (χ1n) is 8.76. The van der Waals surface area contributed by atoms with E-state index in [-0.39, 0.29) is 6.10 Å². The molecule has 0 aliphatic carbocycles. The van der Waals surface area contributed by atoms with Crippen molar-refractivity contribution in [2.75, 3.05) is 26.2 Å². The summed E-state index contributed by atoms with van der Waals surface area (Å²) in [5, 5.41) is 11.7. The molecule has 1 saturated heterocycles. The van der Waals surface area contributed by atoms with E-state index in [0.717, 1.165) is 30.8 Å². The summed E-state index contributed by atoms with van der Waals surface area (Å²) in [5.41, 5.74) is 2.01. The predicted molar refractivity (Wildman–Crippen MR) is 102 cm³/mol. The molecule has 5 heteroatoms. The van der Waals surface area contributed by atoms with Crippen LogP contribution in [0, 0.1) is 0 Å². The molecule has 1 fully saturated rings. The fourth-order valence-electron chi connectivity index (χ4n) is 3.34. The molecular weight excluding hydrogens is 357 g/mol. The van der Waals surface area contributed by atoms with Crippen molar-refractivity contribution in [1.29, 1.82) is 0 Å². The van der Waals surface area contributed by atoms with E-state index >= 15 is 0 Å². The molecule has 1 aliphatic rings. The predicted octanol–water partition coefficient (Wildman–Crippen LogP) is 3.14. The summed E-state index contributed by atoms with van der Waals surface area (Å²) in [6.45, 7) is 3.34. The van der Waals surface area contributed by atoms with Crippen LogP contribution in [0.15, 0.2) is 48.5 Å². The Morgan fingerprint density at radius 2 is 1.36 bits per heavy atom. The number of hydrogen-bond donors (Lipinski definition) is 2. The van der Waals surface area contributed by atoms with Crippen LogP contribution < -0.4 is 4.90 Å². The van der Waals surface area contributed by atoms with Gasteiger partial charge in [0.25, 0.3) is 0 Å². The Hall–Kier alpha value is -1.10. The zero-order chi connectivity index (χ0) is 17.6. The summed E-state index contributed by atoms with van der Waals surface area (Å²) >= 11 is 12.0. The molecule has 0 unspecified atom stereocenters. The zero-order valence-electron chi connectivity index (χ0n) is 14.1. The zero-order valence-corrected chi connectivity index (χ0v) is 15.6. The molecule has 0 aromatic heterocycles. The highest BCUT2D eigenvalue weighted by Gasteiger charge is 2.22. The molecule has 1 aliphatic heterocycles. The van der Waals surface area contributed by atoms with Crippen molar-refractivity contribution >= 4 is 23.2 Å². The quantitative estimate of drug-likeness (QED) is 0.773. The number of benzene rings is 2. The molecule has 1 heterocycles. The van der Waals surface area contributed by atoms with Gasteiger partial charge in [-0.2, -0.15) is 0 Å². The molecule has 2 N–H and O–H groups in total. The Kier molecular flexibility index (Phi) is 6.74. The Morgan fingerprint density at radius 3 is 1.84 bits per heavy atom. The van der Waals surface area contributed by atoms with Crippen molar-refractivity contribution < 1.29 is 14.7 Å². The van der Waals surface area contributed by atoms with Gasteiger partial charge in [-0.05, 0) is 35.4 Å². The van der Waals surface area contributed by atoms with E-state index in [1.807, 2.05) is 48.5 Å². The molecule has 0 bridgehead atoms. The largest absolute Gasteiger partial charge is 0.385 e.